The highest BCUT2D eigenvalue weighted by Gasteiger charge is 2.23. The largest absolute Gasteiger partial charge is 0.454 e. The lowest BCUT2D eigenvalue weighted by molar-refractivity contribution is 0.0473. The molecule has 0 bridgehead atoms. The monoisotopic (exact) mass is 375 g/mol. The van der Waals surface area contributed by atoms with Gasteiger partial charge in [-0.3, -0.25) is 4.79 Å². The van der Waals surface area contributed by atoms with Gasteiger partial charge >= 0.3 is 5.97 Å². The third kappa shape index (κ3) is 3.76. The van der Waals surface area contributed by atoms with E-state index in [1.165, 1.54) is 11.3 Å². The molecule has 0 saturated carbocycles. The number of carbonyl (C=O) groups excluding carboxylic acids is 2. The number of aromatic nitrogens is 1. The standard InChI is InChI=1S/C20H25NO4S/c1-13-10-16(14(2)21(13)8-9-24-3)18(22)11-25-20(23)17-12-26-19-7-5-4-6-15(17)19/h10,12H,4-9,11H2,1-3H3. The summed E-state index contributed by atoms with van der Waals surface area (Å²) in [5.41, 5.74) is 4.26. The Morgan fingerprint density at radius 2 is 1.96 bits per heavy atom. The van der Waals surface area contributed by atoms with Crippen LogP contribution in [-0.2, 0) is 28.9 Å². The van der Waals surface area contributed by atoms with Gasteiger partial charge in [-0.25, -0.2) is 4.79 Å². The maximum atomic E-state index is 12.5. The second kappa shape index (κ2) is 8.18. The van der Waals surface area contributed by atoms with E-state index >= 15 is 0 Å². The molecule has 26 heavy (non-hydrogen) atoms. The Kier molecular flexibility index (Phi) is 5.94. The van der Waals surface area contributed by atoms with E-state index in [2.05, 4.69) is 0 Å². The van der Waals surface area contributed by atoms with Crippen LogP contribution >= 0.6 is 11.3 Å². The number of esters is 1. The highest BCUT2D eigenvalue weighted by atomic mass is 32.1. The number of carbonyl (C=O) groups is 2. The average Bonchev–Trinajstić information content (AvgIpc) is 3.19. The summed E-state index contributed by atoms with van der Waals surface area (Å²) in [5, 5.41) is 1.87. The molecule has 6 heteroatoms. The van der Waals surface area contributed by atoms with E-state index in [1.54, 1.807) is 18.4 Å². The number of hydrogen-bond donors (Lipinski definition) is 0. The Hall–Kier alpha value is -1.92. The van der Waals surface area contributed by atoms with Gasteiger partial charge in [0.2, 0.25) is 5.78 Å². The van der Waals surface area contributed by atoms with Gasteiger partial charge in [0, 0.05) is 40.9 Å². The molecule has 0 N–H and O–H groups in total. The van der Waals surface area contributed by atoms with Gasteiger partial charge in [-0.15, -0.1) is 11.3 Å². The Labute approximate surface area is 157 Å². The molecule has 0 atom stereocenters. The van der Waals surface area contributed by atoms with Crippen molar-refractivity contribution in [1.82, 2.24) is 4.57 Å². The Morgan fingerprint density at radius 1 is 1.19 bits per heavy atom. The van der Waals surface area contributed by atoms with E-state index in [0.717, 1.165) is 36.2 Å². The van der Waals surface area contributed by atoms with E-state index in [9.17, 15) is 9.59 Å². The van der Waals surface area contributed by atoms with Crippen molar-refractivity contribution < 1.29 is 19.1 Å². The van der Waals surface area contributed by atoms with Crippen molar-refractivity contribution in [1.29, 1.82) is 0 Å². The van der Waals surface area contributed by atoms with Gasteiger partial charge in [0.25, 0.3) is 0 Å². The number of ether oxygens (including phenoxy) is 2. The molecule has 0 unspecified atom stereocenters. The number of thiophene rings is 1. The number of rotatable bonds is 7. The van der Waals surface area contributed by atoms with Crippen LogP contribution in [0.3, 0.4) is 0 Å². The number of methoxy groups -OCH3 is 1. The summed E-state index contributed by atoms with van der Waals surface area (Å²) in [7, 11) is 1.66. The maximum absolute atomic E-state index is 12.5. The SMILES string of the molecule is COCCn1c(C)cc(C(=O)COC(=O)c2csc3c2CCCC3)c1C. The van der Waals surface area contributed by atoms with Crippen molar-refractivity contribution in [3.05, 3.63) is 44.4 Å². The zero-order chi connectivity index (χ0) is 18.7. The molecule has 2 aromatic heterocycles. The predicted octanol–water partition coefficient (Wildman–Crippen LogP) is 3.73. The van der Waals surface area contributed by atoms with Crippen molar-refractivity contribution in [2.45, 2.75) is 46.1 Å². The molecule has 0 aromatic carbocycles. The fourth-order valence-corrected chi connectivity index (χ4v) is 4.68. The second-order valence-corrected chi connectivity index (χ2v) is 7.65. The van der Waals surface area contributed by atoms with Crippen LogP contribution in [0.2, 0.25) is 0 Å². The lowest BCUT2D eigenvalue weighted by Gasteiger charge is -2.12. The van der Waals surface area contributed by atoms with Gasteiger partial charge in [0.15, 0.2) is 6.61 Å². The number of hydrogen-bond acceptors (Lipinski definition) is 5. The molecule has 0 amide bonds. The zero-order valence-corrected chi connectivity index (χ0v) is 16.4. The van der Waals surface area contributed by atoms with E-state index in [4.69, 9.17) is 9.47 Å². The van der Waals surface area contributed by atoms with Crippen molar-refractivity contribution in [3.8, 4) is 0 Å². The first-order chi connectivity index (χ1) is 12.5. The quantitative estimate of drug-likeness (QED) is 0.546. The maximum Gasteiger partial charge on any atom is 0.339 e. The molecule has 1 aliphatic carbocycles. The molecule has 0 aliphatic heterocycles. The molecule has 5 nitrogen and oxygen atoms in total. The Balaban J connectivity index is 1.66. The van der Waals surface area contributed by atoms with Crippen LogP contribution in [-0.4, -0.2) is 36.6 Å². The summed E-state index contributed by atoms with van der Waals surface area (Å²) in [6.07, 6.45) is 4.26. The van der Waals surface area contributed by atoms with Crippen LogP contribution in [0.15, 0.2) is 11.4 Å². The third-order valence-electron chi connectivity index (χ3n) is 5.01. The van der Waals surface area contributed by atoms with E-state index in [-0.39, 0.29) is 18.4 Å². The van der Waals surface area contributed by atoms with Gasteiger partial charge < -0.3 is 14.0 Å². The molecule has 140 valence electrons. The fourth-order valence-electron chi connectivity index (χ4n) is 3.56. The Bertz CT molecular complexity index is 818. The number of aryl methyl sites for hydroxylation is 2. The third-order valence-corrected chi connectivity index (χ3v) is 6.10. The van der Waals surface area contributed by atoms with Crippen molar-refractivity contribution >= 4 is 23.1 Å². The van der Waals surface area contributed by atoms with E-state index < -0.39 is 0 Å². The molecular weight excluding hydrogens is 350 g/mol. The summed E-state index contributed by atoms with van der Waals surface area (Å²) >= 11 is 1.63. The molecule has 2 aromatic rings. The van der Waals surface area contributed by atoms with Gasteiger partial charge in [0.1, 0.15) is 0 Å². The topological polar surface area (TPSA) is 57.5 Å². The summed E-state index contributed by atoms with van der Waals surface area (Å²) in [6.45, 7) is 4.93. The molecule has 0 spiro atoms. The molecule has 0 fully saturated rings. The molecule has 1 aliphatic rings. The molecule has 2 heterocycles. The minimum absolute atomic E-state index is 0.167. The summed E-state index contributed by atoms with van der Waals surface area (Å²) in [5.74, 6) is -0.551. The predicted molar refractivity (Wildman–Crippen MR) is 101 cm³/mol. The molecular formula is C20H25NO4S. The normalized spacial score (nSPS) is 13.5. The number of Topliss-reactive ketones (excluding diaryl/α,β-unsaturated/α-hetero) is 1. The van der Waals surface area contributed by atoms with Gasteiger partial charge in [-0.2, -0.15) is 0 Å². The van der Waals surface area contributed by atoms with Crippen LogP contribution in [0.4, 0.5) is 0 Å². The van der Waals surface area contributed by atoms with Crippen molar-refractivity contribution in [2.24, 2.45) is 0 Å². The van der Waals surface area contributed by atoms with Gasteiger partial charge in [-0.05, 0) is 51.2 Å². The van der Waals surface area contributed by atoms with Crippen LogP contribution in [0.25, 0.3) is 0 Å². The second-order valence-electron chi connectivity index (χ2n) is 6.69. The summed E-state index contributed by atoms with van der Waals surface area (Å²) in [4.78, 5) is 26.3. The zero-order valence-electron chi connectivity index (χ0n) is 15.6. The first-order valence-corrected chi connectivity index (χ1v) is 9.86. The van der Waals surface area contributed by atoms with Crippen LogP contribution < -0.4 is 0 Å². The fraction of sp³-hybridized carbons (Fsp3) is 0.500. The van der Waals surface area contributed by atoms with Gasteiger partial charge in [0.05, 0.1) is 12.2 Å². The lowest BCUT2D eigenvalue weighted by Crippen LogP contribution is -2.16. The number of ketones is 1. The molecule has 3 rings (SSSR count). The minimum Gasteiger partial charge on any atom is -0.454 e. The smallest absolute Gasteiger partial charge is 0.339 e. The van der Waals surface area contributed by atoms with Gasteiger partial charge in [-0.1, -0.05) is 0 Å². The van der Waals surface area contributed by atoms with Crippen molar-refractivity contribution in [3.63, 3.8) is 0 Å². The van der Waals surface area contributed by atoms with Crippen LogP contribution in [0.1, 0.15) is 55.4 Å². The van der Waals surface area contributed by atoms with Crippen LogP contribution in [0, 0.1) is 13.8 Å². The van der Waals surface area contributed by atoms with Crippen molar-refractivity contribution in [2.75, 3.05) is 20.3 Å². The van der Waals surface area contributed by atoms with E-state index in [1.807, 2.05) is 29.9 Å². The number of fused-ring (bicyclic) bond motifs is 1. The lowest BCUT2D eigenvalue weighted by atomic mass is 9.96. The highest BCUT2D eigenvalue weighted by molar-refractivity contribution is 7.10. The molecule has 0 radical (unpaired) electrons. The highest BCUT2D eigenvalue weighted by Crippen LogP contribution is 2.30. The first kappa shape index (κ1) is 18.9. The number of nitrogens with zero attached hydrogens (tertiary/aromatic N) is 1. The van der Waals surface area contributed by atoms with Crippen LogP contribution in [0.5, 0.6) is 0 Å². The minimum atomic E-state index is -0.383. The summed E-state index contributed by atoms with van der Waals surface area (Å²) in [6, 6.07) is 1.85. The Morgan fingerprint density at radius 3 is 2.73 bits per heavy atom. The average molecular weight is 375 g/mol. The first-order valence-electron chi connectivity index (χ1n) is 8.98. The molecule has 0 saturated heterocycles. The summed E-state index contributed by atoms with van der Waals surface area (Å²) < 4.78 is 12.5. The van der Waals surface area contributed by atoms with E-state index in [0.29, 0.717) is 24.3 Å².